The summed E-state index contributed by atoms with van der Waals surface area (Å²) in [7, 11) is 3.03. The number of halogens is 1. The van der Waals surface area contributed by atoms with Crippen molar-refractivity contribution in [1.82, 2.24) is 4.57 Å². The second kappa shape index (κ2) is 11.7. The molecule has 3 heterocycles. The first kappa shape index (κ1) is 28.9. The van der Waals surface area contributed by atoms with Crippen molar-refractivity contribution in [2.24, 2.45) is 4.99 Å². The summed E-state index contributed by atoms with van der Waals surface area (Å²) in [5.74, 6) is -0.0309. The highest BCUT2D eigenvalue weighted by Crippen LogP contribution is 2.38. The predicted molar refractivity (Wildman–Crippen MR) is 156 cm³/mol. The number of aromatic carboxylic acids is 1. The van der Waals surface area contributed by atoms with Gasteiger partial charge in [0.25, 0.3) is 5.56 Å². The smallest absolute Gasteiger partial charge is 0.338 e. The van der Waals surface area contributed by atoms with Crippen LogP contribution in [0.15, 0.2) is 74.0 Å². The van der Waals surface area contributed by atoms with Gasteiger partial charge >= 0.3 is 11.9 Å². The largest absolute Gasteiger partial charge is 0.497 e. The number of allylic oxidation sites excluding steroid dienone is 1. The van der Waals surface area contributed by atoms with Crippen molar-refractivity contribution in [3.8, 4) is 22.8 Å². The van der Waals surface area contributed by atoms with E-state index in [-0.39, 0.29) is 22.8 Å². The van der Waals surface area contributed by atoms with Gasteiger partial charge in [-0.2, -0.15) is 0 Å². The Bertz CT molecular complexity index is 1930. The van der Waals surface area contributed by atoms with Gasteiger partial charge in [0.2, 0.25) is 0 Å². The van der Waals surface area contributed by atoms with Crippen molar-refractivity contribution in [2.45, 2.75) is 19.9 Å². The summed E-state index contributed by atoms with van der Waals surface area (Å²) in [6.45, 7) is 3.54. The van der Waals surface area contributed by atoms with Crippen LogP contribution in [0.1, 0.15) is 41.6 Å². The summed E-state index contributed by atoms with van der Waals surface area (Å²) in [5, 5.41) is 9.51. The Morgan fingerprint density at radius 3 is 2.62 bits per heavy atom. The molecule has 1 aliphatic heterocycles. The van der Waals surface area contributed by atoms with Gasteiger partial charge in [0.1, 0.15) is 29.1 Å². The Morgan fingerprint density at radius 1 is 1.14 bits per heavy atom. The molecule has 0 spiro atoms. The first-order chi connectivity index (χ1) is 20.2. The van der Waals surface area contributed by atoms with Crippen LogP contribution in [0.4, 0.5) is 0 Å². The van der Waals surface area contributed by atoms with E-state index in [2.05, 4.69) is 4.99 Å². The van der Waals surface area contributed by atoms with Gasteiger partial charge < -0.3 is 23.7 Å². The van der Waals surface area contributed by atoms with E-state index < -0.39 is 23.5 Å². The third-order valence-corrected chi connectivity index (χ3v) is 7.94. The van der Waals surface area contributed by atoms with E-state index in [1.54, 1.807) is 56.3 Å². The molecular formula is C30H25ClN2O8S. The lowest BCUT2D eigenvalue weighted by Crippen LogP contribution is -2.40. The van der Waals surface area contributed by atoms with Crippen LogP contribution in [-0.4, -0.2) is 42.4 Å². The van der Waals surface area contributed by atoms with E-state index in [0.717, 1.165) is 11.3 Å². The number of nitrogens with zero attached hydrogens (tertiary/aromatic N) is 2. The molecule has 0 aliphatic carbocycles. The number of aromatic nitrogens is 1. The molecule has 5 rings (SSSR count). The van der Waals surface area contributed by atoms with Crippen LogP contribution in [-0.2, 0) is 9.53 Å². The molecule has 0 fully saturated rings. The average Bonchev–Trinajstić information content (AvgIpc) is 3.56. The fourth-order valence-electron chi connectivity index (χ4n) is 4.70. The fraction of sp³-hybridized carbons (Fsp3) is 0.200. The number of esters is 1. The summed E-state index contributed by atoms with van der Waals surface area (Å²) in [6, 6.07) is 12.1. The maximum atomic E-state index is 13.9. The second-order valence-corrected chi connectivity index (χ2v) is 10.5. The third kappa shape index (κ3) is 5.24. The molecule has 2 aromatic carbocycles. The zero-order valence-corrected chi connectivity index (χ0v) is 24.5. The maximum absolute atomic E-state index is 13.9. The predicted octanol–water partition coefficient (Wildman–Crippen LogP) is 4.43. The Hall–Kier alpha value is -4.61. The summed E-state index contributed by atoms with van der Waals surface area (Å²) in [4.78, 5) is 43.6. The number of rotatable bonds is 8. The minimum atomic E-state index is -1.16. The minimum absolute atomic E-state index is 0.0545. The third-order valence-electron chi connectivity index (χ3n) is 6.63. The van der Waals surface area contributed by atoms with Crippen molar-refractivity contribution >= 4 is 41.0 Å². The van der Waals surface area contributed by atoms with Crippen LogP contribution in [0.2, 0.25) is 5.02 Å². The van der Waals surface area contributed by atoms with Crippen LogP contribution in [0.3, 0.4) is 0 Å². The maximum Gasteiger partial charge on any atom is 0.338 e. The zero-order valence-electron chi connectivity index (χ0n) is 23.0. The number of fused-ring (bicyclic) bond motifs is 1. The molecule has 0 radical (unpaired) electrons. The molecule has 42 heavy (non-hydrogen) atoms. The van der Waals surface area contributed by atoms with Crippen molar-refractivity contribution in [1.29, 1.82) is 0 Å². The van der Waals surface area contributed by atoms with Crippen molar-refractivity contribution in [3.63, 3.8) is 0 Å². The molecule has 12 heteroatoms. The van der Waals surface area contributed by atoms with Gasteiger partial charge in [-0.1, -0.05) is 22.9 Å². The Morgan fingerprint density at radius 2 is 1.93 bits per heavy atom. The fourth-order valence-corrected chi connectivity index (χ4v) is 5.92. The molecule has 1 atom stereocenters. The Kier molecular flexibility index (Phi) is 8.06. The van der Waals surface area contributed by atoms with Gasteiger partial charge in [0.05, 0.1) is 47.2 Å². The van der Waals surface area contributed by atoms with Gasteiger partial charge in [-0.3, -0.25) is 9.36 Å². The SMILES string of the molecule is CCOC(=O)C1=C(C)N=c2s/c(=C\c3ccc(-c4ccc(Cl)c(C(=O)O)c4)o3)c(=O)n2[C@@H]1c1cc(OC)ccc1OC. The molecule has 0 saturated carbocycles. The number of ether oxygens (including phenoxy) is 3. The van der Waals surface area contributed by atoms with E-state index in [0.29, 0.717) is 49.2 Å². The highest BCUT2D eigenvalue weighted by Gasteiger charge is 2.35. The molecule has 1 aliphatic rings. The molecule has 0 unspecified atom stereocenters. The number of carboxylic acid groups (broad SMARTS) is 1. The molecule has 0 saturated heterocycles. The number of furan rings is 1. The van der Waals surface area contributed by atoms with E-state index in [9.17, 15) is 19.5 Å². The number of methoxy groups -OCH3 is 2. The average molecular weight is 609 g/mol. The number of carbonyl (C=O) groups is 2. The molecule has 0 bridgehead atoms. The zero-order chi connectivity index (χ0) is 30.1. The summed E-state index contributed by atoms with van der Waals surface area (Å²) >= 11 is 7.14. The summed E-state index contributed by atoms with van der Waals surface area (Å²) < 4.78 is 24.1. The van der Waals surface area contributed by atoms with Crippen molar-refractivity contribution in [2.75, 3.05) is 20.8 Å². The van der Waals surface area contributed by atoms with Crippen LogP contribution in [0.25, 0.3) is 17.4 Å². The highest BCUT2D eigenvalue weighted by atomic mass is 35.5. The number of hydrogen-bond acceptors (Lipinski definition) is 9. The van der Waals surface area contributed by atoms with Gasteiger partial charge in [-0.05, 0) is 62.4 Å². The van der Waals surface area contributed by atoms with Crippen LogP contribution < -0.4 is 24.4 Å². The normalized spacial score (nSPS) is 14.8. The summed E-state index contributed by atoms with van der Waals surface area (Å²) in [5.41, 5.74) is 1.20. The van der Waals surface area contributed by atoms with Gasteiger partial charge in [-0.25, -0.2) is 14.6 Å². The molecular weight excluding hydrogens is 584 g/mol. The number of carbonyl (C=O) groups excluding carboxylic acids is 1. The monoisotopic (exact) mass is 608 g/mol. The van der Waals surface area contributed by atoms with Crippen LogP contribution in [0, 0.1) is 0 Å². The van der Waals surface area contributed by atoms with E-state index in [1.165, 1.54) is 30.9 Å². The minimum Gasteiger partial charge on any atom is -0.497 e. The van der Waals surface area contributed by atoms with E-state index >= 15 is 0 Å². The topological polar surface area (TPSA) is 130 Å². The Labute approximate surface area is 248 Å². The molecule has 0 amide bonds. The Balaban J connectivity index is 1.66. The quantitative estimate of drug-likeness (QED) is 0.291. The lowest BCUT2D eigenvalue weighted by atomic mass is 9.95. The molecule has 1 N–H and O–H groups in total. The molecule has 2 aromatic heterocycles. The number of benzene rings is 2. The van der Waals surface area contributed by atoms with Gasteiger partial charge in [-0.15, -0.1) is 0 Å². The standard InChI is InChI=1S/C30H25ClN2O8S/c1-5-40-29(37)25-15(2)32-30-33(26(25)20-13-17(38-3)7-11-23(20)39-4)27(34)24(42-30)14-18-8-10-22(41-18)16-6-9-21(31)19(12-16)28(35)36/h6-14,26H,5H2,1-4H3,(H,35,36)/b24-14-/t26-/m1/s1. The van der Waals surface area contributed by atoms with Crippen LogP contribution >= 0.6 is 22.9 Å². The van der Waals surface area contributed by atoms with Gasteiger partial charge in [0.15, 0.2) is 4.80 Å². The number of thiazole rings is 1. The lowest BCUT2D eigenvalue weighted by molar-refractivity contribution is -0.139. The number of carboxylic acids is 1. The van der Waals surface area contributed by atoms with Crippen molar-refractivity contribution in [3.05, 3.63) is 101 Å². The molecule has 4 aromatic rings. The number of hydrogen-bond donors (Lipinski definition) is 1. The van der Waals surface area contributed by atoms with Gasteiger partial charge in [0, 0.05) is 17.2 Å². The van der Waals surface area contributed by atoms with E-state index in [1.807, 2.05) is 0 Å². The molecule has 10 nitrogen and oxygen atoms in total. The lowest BCUT2D eigenvalue weighted by Gasteiger charge is -2.26. The van der Waals surface area contributed by atoms with Crippen LogP contribution in [0.5, 0.6) is 11.5 Å². The first-order valence-corrected chi connectivity index (χ1v) is 13.9. The van der Waals surface area contributed by atoms with E-state index in [4.69, 9.17) is 30.2 Å². The first-order valence-electron chi connectivity index (χ1n) is 12.7. The summed E-state index contributed by atoms with van der Waals surface area (Å²) in [6.07, 6.45) is 1.57. The van der Waals surface area contributed by atoms with Crippen molar-refractivity contribution < 1.29 is 33.3 Å². The highest BCUT2D eigenvalue weighted by molar-refractivity contribution is 7.07. The molecule has 216 valence electrons. The second-order valence-electron chi connectivity index (χ2n) is 9.11.